The number of rotatable bonds is 8. The van der Waals surface area contributed by atoms with Crippen molar-refractivity contribution >= 4 is 29.3 Å². The normalized spacial score (nSPS) is 10.9. The molecule has 0 saturated carbocycles. The highest BCUT2D eigenvalue weighted by atomic mass is 35.5. The zero-order valence-electron chi connectivity index (χ0n) is 18.2. The number of nitriles is 1. The summed E-state index contributed by atoms with van der Waals surface area (Å²) in [6, 6.07) is 18.3. The standard InChI is InChI=1S/C26H22ClFN2O3/c1-3-32-24-14-19(12-20(15-29)26(31)30-22-10-8-21(28)9-11-22)13-23(27)25(24)33-16-18-6-4-17(2)5-7-18/h4-14H,3,16H2,1-2H3,(H,30,31)/b20-12+. The second kappa shape index (κ2) is 11.2. The van der Waals surface area contributed by atoms with Crippen molar-refractivity contribution in [3.8, 4) is 17.6 Å². The van der Waals surface area contributed by atoms with E-state index in [4.69, 9.17) is 21.1 Å². The number of nitrogens with zero attached hydrogens (tertiary/aromatic N) is 1. The molecule has 0 bridgehead atoms. The van der Waals surface area contributed by atoms with Crippen LogP contribution in [-0.2, 0) is 11.4 Å². The van der Waals surface area contributed by atoms with Gasteiger partial charge in [0, 0.05) is 5.69 Å². The molecule has 0 atom stereocenters. The molecule has 7 heteroatoms. The number of aryl methyl sites for hydroxylation is 1. The van der Waals surface area contributed by atoms with E-state index in [0.29, 0.717) is 36.0 Å². The fourth-order valence-electron chi connectivity index (χ4n) is 2.96. The lowest BCUT2D eigenvalue weighted by molar-refractivity contribution is -0.112. The summed E-state index contributed by atoms with van der Waals surface area (Å²) in [5.41, 5.74) is 2.85. The van der Waals surface area contributed by atoms with Gasteiger partial charge in [0.05, 0.1) is 11.6 Å². The lowest BCUT2D eigenvalue weighted by Gasteiger charge is -2.15. The van der Waals surface area contributed by atoms with Crippen LogP contribution >= 0.6 is 11.6 Å². The molecule has 33 heavy (non-hydrogen) atoms. The largest absolute Gasteiger partial charge is 0.490 e. The highest BCUT2D eigenvalue weighted by Gasteiger charge is 2.15. The third kappa shape index (κ3) is 6.58. The third-order valence-corrected chi connectivity index (χ3v) is 4.89. The van der Waals surface area contributed by atoms with Crippen molar-refractivity contribution < 1.29 is 18.7 Å². The molecule has 0 aromatic heterocycles. The van der Waals surface area contributed by atoms with E-state index < -0.39 is 11.7 Å². The second-order valence-corrected chi connectivity index (χ2v) is 7.58. The number of carbonyl (C=O) groups is 1. The molecular formula is C26H22ClFN2O3. The van der Waals surface area contributed by atoms with Crippen LogP contribution in [0.4, 0.5) is 10.1 Å². The molecule has 1 amide bonds. The number of hydrogen-bond acceptors (Lipinski definition) is 4. The zero-order valence-corrected chi connectivity index (χ0v) is 18.9. The highest BCUT2D eigenvalue weighted by molar-refractivity contribution is 6.32. The SMILES string of the molecule is CCOc1cc(/C=C(\C#N)C(=O)Nc2ccc(F)cc2)cc(Cl)c1OCc1ccc(C)cc1. The van der Waals surface area contributed by atoms with E-state index in [9.17, 15) is 14.4 Å². The van der Waals surface area contributed by atoms with Crippen molar-refractivity contribution in [2.75, 3.05) is 11.9 Å². The average molecular weight is 465 g/mol. The molecule has 0 aliphatic rings. The third-order valence-electron chi connectivity index (χ3n) is 4.61. The minimum absolute atomic E-state index is 0.147. The minimum Gasteiger partial charge on any atom is -0.490 e. The van der Waals surface area contributed by atoms with Crippen molar-refractivity contribution in [3.05, 3.63) is 93.8 Å². The van der Waals surface area contributed by atoms with Crippen LogP contribution < -0.4 is 14.8 Å². The van der Waals surface area contributed by atoms with Gasteiger partial charge in [-0.1, -0.05) is 41.4 Å². The van der Waals surface area contributed by atoms with Gasteiger partial charge in [0.25, 0.3) is 5.91 Å². The predicted molar refractivity (Wildman–Crippen MR) is 127 cm³/mol. The first-order valence-corrected chi connectivity index (χ1v) is 10.6. The van der Waals surface area contributed by atoms with E-state index in [-0.39, 0.29) is 10.6 Å². The summed E-state index contributed by atoms with van der Waals surface area (Å²) in [5.74, 6) is -0.269. The van der Waals surface area contributed by atoms with Gasteiger partial charge < -0.3 is 14.8 Å². The van der Waals surface area contributed by atoms with E-state index in [1.807, 2.05) is 44.2 Å². The molecule has 0 fully saturated rings. The number of nitrogens with one attached hydrogen (secondary N) is 1. The summed E-state index contributed by atoms with van der Waals surface area (Å²) in [5, 5.41) is 12.3. The van der Waals surface area contributed by atoms with Gasteiger partial charge in [-0.15, -0.1) is 0 Å². The Labute approximate surface area is 197 Å². The number of carbonyl (C=O) groups excluding carboxylic acids is 1. The van der Waals surface area contributed by atoms with Gasteiger partial charge in [0.1, 0.15) is 24.1 Å². The van der Waals surface area contributed by atoms with Gasteiger partial charge in [-0.05, 0) is 67.4 Å². The minimum atomic E-state index is -0.627. The van der Waals surface area contributed by atoms with Crippen LogP contribution in [0, 0.1) is 24.1 Å². The molecule has 0 radical (unpaired) electrons. The van der Waals surface area contributed by atoms with Crippen molar-refractivity contribution in [1.29, 1.82) is 5.26 Å². The molecule has 168 valence electrons. The number of halogens is 2. The number of amides is 1. The van der Waals surface area contributed by atoms with E-state index >= 15 is 0 Å². The number of ether oxygens (including phenoxy) is 2. The Kier molecular flexibility index (Phi) is 8.06. The van der Waals surface area contributed by atoms with Gasteiger partial charge in [0.15, 0.2) is 11.5 Å². The number of benzene rings is 3. The monoisotopic (exact) mass is 464 g/mol. The first-order chi connectivity index (χ1) is 15.9. The fraction of sp³-hybridized carbons (Fsp3) is 0.154. The molecule has 0 aliphatic carbocycles. The van der Waals surface area contributed by atoms with Gasteiger partial charge in [0.2, 0.25) is 0 Å². The van der Waals surface area contributed by atoms with Crippen LogP contribution in [0.25, 0.3) is 6.08 Å². The maximum atomic E-state index is 13.1. The smallest absolute Gasteiger partial charge is 0.266 e. The van der Waals surface area contributed by atoms with Crippen LogP contribution in [0.5, 0.6) is 11.5 Å². The second-order valence-electron chi connectivity index (χ2n) is 7.17. The van der Waals surface area contributed by atoms with Crippen molar-refractivity contribution in [2.24, 2.45) is 0 Å². The molecule has 5 nitrogen and oxygen atoms in total. The molecule has 0 aliphatic heterocycles. The Morgan fingerprint density at radius 3 is 2.45 bits per heavy atom. The summed E-state index contributed by atoms with van der Waals surface area (Å²) in [6.07, 6.45) is 1.40. The van der Waals surface area contributed by atoms with Crippen LogP contribution in [0.1, 0.15) is 23.6 Å². The Balaban J connectivity index is 1.83. The maximum absolute atomic E-state index is 13.1. The fourth-order valence-corrected chi connectivity index (χ4v) is 3.23. The number of hydrogen-bond donors (Lipinski definition) is 1. The molecule has 3 rings (SSSR count). The summed E-state index contributed by atoms with van der Waals surface area (Å²) in [6.45, 7) is 4.52. The summed E-state index contributed by atoms with van der Waals surface area (Å²) >= 11 is 6.46. The van der Waals surface area contributed by atoms with Gasteiger partial charge in [-0.25, -0.2) is 4.39 Å². The molecule has 0 unspecified atom stereocenters. The average Bonchev–Trinajstić information content (AvgIpc) is 2.79. The first-order valence-electron chi connectivity index (χ1n) is 10.2. The van der Waals surface area contributed by atoms with Crippen LogP contribution in [-0.4, -0.2) is 12.5 Å². The lowest BCUT2D eigenvalue weighted by atomic mass is 10.1. The molecule has 3 aromatic carbocycles. The summed E-state index contributed by atoms with van der Waals surface area (Å²) in [7, 11) is 0. The van der Waals surface area contributed by atoms with E-state index in [1.54, 1.807) is 12.1 Å². The van der Waals surface area contributed by atoms with Crippen LogP contribution in [0.3, 0.4) is 0 Å². The highest BCUT2D eigenvalue weighted by Crippen LogP contribution is 2.38. The first kappa shape index (κ1) is 23.8. The van der Waals surface area contributed by atoms with Gasteiger partial charge in [-0.3, -0.25) is 4.79 Å². The molecule has 3 aromatic rings. The Morgan fingerprint density at radius 1 is 1.12 bits per heavy atom. The molecule has 0 saturated heterocycles. The van der Waals surface area contributed by atoms with Crippen molar-refractivity contribution in [3.63, 3.8) is 0 Å². The predicted octanol–water partition coefficient (Wildman–Crippen LogP) is 6.31. The summed E-state index contributed by atoms with van der Waals surface area (Å²) < 4.78 is 24.7. The Morgan fingerprint density at radius 2 is 1.82 bits per heavy atom. The number of anilines is 1. The van der Waals surface area contributed by atoms with Gasteiger partial charge >= 0.3 is 0 Å². The maximum Gasteiger partial charge on any atom is 0.266 e. The quantitative estimate of drug-likeness (QED) is 0.313. The zero-order chi connectivity index (χ0) is 23.8. The van der Waals surface area contributed by atoms with Crippen LogP contribution in [0.15, 0.2) is 66.2 Å². The van der Waals surface area contributed by atoms with Crippen LogP contribution in [0.2, 0.25) is 5.02 Å². The summed E-state index contributed by atoms with van der Waals surface area (Å²) in [4.78, 5) is 12.5. The van der Waals surface area contributed by atoms with E-state index in [1.165, 1.54) is 30.3 Å². The van der Waals surface area contributed by atoms with E-state index in [0.717, 1.165) is 11.1 Å². The Bertz CT molecular complexity index is 1200. The lowest BCUT2D eigenvalue weighted by Crippen LogP contribution is -2.13. The topological polar surface area (TPSA) is 71.3 Å². The molecular weight excluding hydrogens is 443 g/mol. The Hall–Kier alpha value is -3.82. The van der Waals surface area contributed by atoms with Crippen molar-refractivity contribution in [2.45, 2.75) is 20.5 Å². The molecule has 1 N–H and O–H groups in total. The van der Waals surface area contributed by atoms with E-state index in [2.05, 4.69) is 5.32 Å². The molecule has 0 heterocycles. The van der Waals surface area contributed by atoms with Gasteiger partial charge in [-0.2, -0.15) is 5.26 Å². The van der Waals surface area contributed by atoms with Crippen molar-refractivity contribution in [1.82, 2.24) is 0 Å². The molecule has 0 spiro atoms.